The average Bonchev–Trinajstić information content (AvgIpc) is 3.31. The van der Waals surface area contributed by atoms with Crippen molar-refractivity contribution in [3.05, 3.63) is 83.6 Å². The van der Waals surface area contributed by atoms with Crippen molar-refractivity contribution in [2.45, 2.75) is 13.8 Å². The Hall–Kier alpha value is -3.98. The van der Waals surface area contributed by atoms with E-state index in [1.54, 1.807) is 7.11 Å². The fraction of sp³-hybridized carbons (Fsp3) is 0.103. The minimum Gasteiger partial charge on any atom is -0.501 e. The molecular formula is C29H22O3. The highest BCUT2D eigenvalue weighted by Gasteiger charge is 2.15. The fourth-order valence-electron chi connectivity index (χ4n) is 4.56. The highest BCUT2D eigenvalue weighted by atomic mass is 16.5. The first kappa shape index (κ1) is 18.8. The normalized spacial score (nSPS) is 12.5. The van der Waals surface area contributed by atoms with E-state index >= 15 is 0 Å². The van der Waals surface area contributed by atoms with Crippen molar-refractivity contribution in [3.8, 4) is 0 Å². The van der Waals surface area contributed by atoms with Crippen molar-refractivity contribution in [3.63, 3.8) is 0 Å². The van der Waals surface area contributed by atoms with Crippen LogP contribution in [0.2, 0.25) is 0 Å². The van der Waals surface area contributed by atoms with Crippen molar-refractivity contribution in [1.82, 2.24) is 0 Å². The Morgan fingerprint density at radius 1 is 0.750 bits per heavy atom. The summed E-state index contributed by atoms with van der Waals surface area (Å²) < 4.78 is 17.9. The van der Waals surface area contributed by atoms with Gasteiger partial charge >= 0.3 is 0 Å². The number of allylic oxidation sites excluding steroid dienone is 1. The van der Waals surface area contributed by atoms with Gasteiger partial charge in [-0.15, -0.1) is 0 Å². The Labute approximate surface area is 185 Å². The van der Waals surface area contributed by atoms with E-state index in [0.717, 1.165) is 60.8 Å². The van der Waals surface area contributed by atoms with Gasteiger partial charge in [0.1, 0.15) is 22.3 Å². The predicted octanol–water partition coefficient (Wildman–Crippen LogP) is 8.60. The summed E-state index contributed by atoms with van der Waals surface area (Å²) in [6.07, 6.45) is 3.86. The third-order valence-electron chi connectivity index (χ3n) is 6.28. The molecule has 0 amide bonds. The standard InChI is InChI=1S/C29H22O3/c1-5-18-10-22-24-14-29-25(15-28(24)32-27(22)13-21(18)9-17(3)30-4)23-11-19-7-6-16(2)8-20(19)12-26(23)31-29/h5-15H,1H2,2-4H3/b17-9+. The number of ether oxygens (including phenoxy) is 1. The Morgan fingerprint density at radius 2 is 1.38 bits per heavy atom. The summed E-state index contributed by atoms with van der Waals surface area (Å²) in [7, 11) is 1.67. The second-order valence-corrected chi connectivity index (χ2v) is 8.39. The molecule has 0 aliphatic heterocycles. The topological polar surface area (TPSA) is 35.5 Å². The molecule has 0 saturated carbocycles. The molecule has 0 fully saturated rings. The van der Waals surface area contributed by atoms with E-state index in [0.29, 0.717) is 0 Å². The monoisotopic (exact) mass is 418 g/mol. The smallest absolute Gasteiger partial charge is 0.136 e. The highest BCUT2D eigenvalue weighted by Crippen LogP contribution is 2.39. The summed E-state index contributed by atoms with van der Waals surface area (Å²) in [6.45, 7) is 8.03. The highest BCUT2D eigenvalue weighted by molar-refractivity contribution is 6.17. The maximum atomic E-state index is 6.29. The first-order valence-corrected chi connectivity index (χ1v) is 10.7. The van der Waals surface area contributed by atoms with Gasteiger partial charge in [0.25, 0.3) is 0 Å². The summed E-state index contributed by atoms with van der Waals surface area (Å²) in [6, 6.07) is 19.2. The molecule has 32 heavy (non-hydrogen) atoms. The van der Waals surface area contributed by atoms with Crippen LogP contribution < -0.4 is 0 Å². The van der Waals surface area contributed by atoms with Crippen LogP contribution in [0.25, 0.3) is 66.8 Å². The van der Waals surface area contributed by atoms with E-state index in [1.165, 1.54) is 16.3 Å². The van der Waals surface area contributed by atoms with E-state index in [4.69, 9.17) is 13.6 Å². The minimum absolute atomic E-state index is 0.829. The van der Waals surface area contributed by atoms with Gasteiger partial charge in [-0.1, -0.05) is 36.4 Å². The lowest BCUT2D eigenvalue weighted by molar-refractivity contribution is 0.297. The van der Waals surface area contributed by atoms with Crippen LogP contribution in [0.5, 0.6) is 0 Å². The maximum Gasteiger partial charge on any atom is 0.136 e. The van der Waals surface area contributed by atoms with Gasteiger partial charge in [0.15, 0.2) is 0 Å². The molecule has 0 atom stereocenters. The number of aryl methyl sites for hydroxylation is 1. The van der Waals surface area contributed by atoms with Crippen LogP contribution in [-0.2, 0) is 4.74 Å². The number of hydrogen-bond donors (Lipinski definition) is 0. The molecule has 2 heterocycles. The largest absolute Gasteiger partial charge is 0.501 e. The van der Waals surface area contributed by atoms with Crippen LogP contribution >= 0.6 is 0 Å². The zero-order valence-corrected chi connectivity index (χ0v) is 18.3. The number of benzene rings is 4. The number of hydrogen-bond acceptors (Lipinski definition) is 3. The Morgan fingerprint density at radius 3 is 2.06 bits per heavy atom. The van der Waals surface area contributed by atoms with Crippen LogP contribution in [0.1, 0.15) is 23.6 Å². The molecule has 2 aromatic heterocycles. The van der Waals surface area contributed by atoms with Gasteiger partial charge in [0.2, 0.25) is 0 Å². The van der Waals surface area contributed by atoms with Crippen LogP contribution in [-0.4, -0.2) is 7.11 Å². The molecule has 6 rings (SSSR count). The van der Waals surface area contributed by atoms with E-state index in [9.17, 15) is 0 Å². The molecule has 0 aliphatic carbocycles. The molecule has 3 heteroatoms. The average molecular weight is 418 g/mol. The van der Waals surface area contributed by atoms with Crippen molar-refractivity contribution in [1.29, 1.82) is 0 Å². The Kier molecular flexibility index (Phi) is 3.96. The number of furan rings is 2. The molecule has 0 N–H and O–H groups in total. The summed E-state index contributed by atoms with van der Waals surface area (Å²) in [5.41, 5.74) is 6.72. The molecule has 0 unspecified atom stereocenters. The molecule has 6 aromatic rings. The molecule has 0 bridgehead atoms. The second-order valence-electron chi connectivity index (χ2n) is 8.39. The van der Waals surface area contributed by atoms with Gasteiger partial charge in [0, 0.05) is 21.5 Å². The molecule has 156 valence electrons. The lowest BCUT2D eigenvalue weighted by atomic mass is 10.0. The van der Waals surface area contributed by atoms with Crippen molar-refractivity contribution < 1.29 is 13.6 Å². The van der Waals surface area contributed by atoms with Gasteiger partial charge in [-0.25, -0.2) is 0 Å². The van der Waals surface area contributed by atoms with Gasteiger partial charge < -0.3 is 13.6 Å². The van der Waals surface area contributed by atoms with E-state index in [2.05, 4.69) is 62.0 Å². The number of rotatable bonds is 3. The molecular weight excluding hydrogens is 396 g/mol. The Bertz CT molecular complexity index is 1740. The quantitative estimate of drug-likeness (QED) is 0.270. The van der Waals surface area contributed by atoms with Crippen molar-refractivity contribution >= 4 is 66.8 Å². The third kappa shape index (κ3) is 2.75. The van der Waals surface area contributed by atoms with Crippen LogP contribution in [0.15, 0.2) is 75.8 Å². The molecule has 4 aromatic carbocycles. The van der Waals surface area contributed by atoms with Gasteiger partial charge in [0.05, 0.1) is 12.9 Å². The summed E-state index contributed by atoms with van der Waals surface area (Å²) in [4.78, 5) is 0. The van der Waals surface area contributed by atoms with Gasteiger partial charge in [-0.05, 0) is 78.2 Å². The lowest BCUT2D eigenvalue weighted by Crippen LogP contribution is -1.84. The van der Waals surface area contributed by atoms with E-state index in [-0.39, 0.29) is 0 Å². The summed E-state index contributed by atoms with van der Waals surface area (Å²) in [5, 5.41) is 6.64. The first-order chi connectivity index (χ1) is 15.5. The second kappa shape index (κ2) is 6.76. The summed E-state index contributed by atoms with van der Waals surface area (Å²) >= 11 is 0. The van der Waals surface area contributed by atoms with Crippen LogP contribution in [0, 0.1) is 6.92 Å². The molecule has 0 spiro atoms. The molecule has 0 radical (unpaired) electrons. The third-order valence-corrected chi connectivity index (χ3v) is 6.28. The van der Waals surface area contributed by atoms with Crippen LogP contribution in [0.3, 0.4) is 0 Å². The zero-order valence-electron chi connectivity index (χ0n) is 18.3. The summed E-state index contributed by atoms with van der Waals surface area (Å²) in [5.74, 6) is 0.829. The van der Waals surface area contributed by atoms with Crippen molar-refractivity contribution in [2.24, 2.45) is 0 Å². The zero-order chi connectivity index (χ0) is 22.0. The van der Waals surface area contributed by atoms with Gasteiger partial charge in [-0.3, -0.25) is 0 Å². The van der Waals surface area contributed by atoms with E-state index < -0.39 is 0 Å². The predicted molar refractivity (Wildman–Crippen MR) is 134 cm³/mol. The SMILES string of the molecule is C=Cc1cc2c(cc1/C=C(\C)OC)oc1cc3c(cc12)oc1cc2cc(C)ccc2cc13. The van der Waals surface area contributed by atoms with Crippen LogP contribution in [0.4, 0.5) is 0 Å². The van der Waals surface area contributed by atoms with Gasteiger partial charge in [-0.2, -0.15) is 0 Å². The van der Waals surface area contributed by atoms with Crippen molar-refractivity contribution in [2.75, 3.05) is 7.11 Å². The molecule has 3 nitrogen and oxygen atoms in total. The molecule has 0 aliphatic rings. The lowest BCUT2D eigenvalue weighted by Gasteiger charge is -2.04. The number of fused-ring (bicyclic) bond motifs is 7. The maximum absolute atomic E-state index is 6.29. The van der Waals surface area contributed by atoms with E-state index in [1.807, 2.05) is 25.1 Å². The Balaban J connectivity index is 1.64. The molecule has 0 saturated heterocycles. The minimum atomic E-state index is 0.829. The first-order valence-electron chi connectivity index (χ1n) is 10.7. The number of methoxy groups -OCH3 is 1. The fourth-order valence-corrected chi connectivity index (χ4v) is 4.56.